The van der Waals surface area contributed by atoms with Gasteiger partial charge in [0.2, 0.25) is 0 Å². The van der Waals surface area contributed by atoms with Crippen LogP contribution < -0.4 is 0 Å². The van der Waals surface area contributed by atoms with Crippen molar-refractivity contribution < 1.29 is 0 Å². The van der Waals surface area contributed by atoms with Crippen LogP contribution in [0.5, 0.6) is 0 Å². The van der Waals surface area contributed by atoms with Crippen molar-refractivity contribution in [3.63, 3.8) is 0 Å². The maximum atomic E-state index is 5.60. The minimum Gasteiger partial charge on any atom is -0.309 e. The van der Waals surface area contributed by atoms with Crippen LogP contribution in [0.25, 0.3) is 87.7 Å². The lowest BCUT2D eigenvalue weighted by molar-refractivity contribution is 0.533. The van der Waals surface area contributed by atoms with Gasteiger partial charge in [-0.3, -0.25) is 4.99 Å². The molecule has 1 aliphatic heterocycles. The van der Waals surface area contributed by atoms with Crippen molar-refractivity contribution in [1.82, 2.24) is 9.13 Å². The number of hydrogen-bond acceptors (Lipinski definition) is 2. The molecular formula is C62H44N4. The third-order valence-corrected chi connectivity index (χ3v) is 13.9. The number of fused-ring (bicyclic) bond motifs is 8. The average molecular weight is 845 g/mol. The first-order chi connectivity index (χ1) is 32.7. The molecule has 312 valence electrons. The Labute approximate surface area is 383 Å². The van der Waals surface area contributed by atoms with Crippen LogP contribution in [0.3, 0.4) is 0 Å². The van der Waals surface area contributed by atoms with Crippen LogP contribution in [0, 0.1) is 5.92 Å². The predicted molar refractivity (Wildman–Crippen MR) is 278 cm³/mol. The number of para-hydroxylation sites is 2. The summed E-state index contributed by atoms with van der Waals surface area (Å²) in [4.78, 5) is 11.1. The summed E-state index contributed by atoms with van der Waals surface area (Å²) in [6.07, 6.45) is 0.875. The van der Waals surface area contributed by atoms with Gasteiger partial charge >= 0.3 is 0 Å². The van der Waals surface area contributed by atoms with E-state index in [1.807, 2.05) is 0 Å². The molecule has 4 heteroatoms. The highest BCUT2D eigenvalue weighted by Crippen LogP contribution is 2.43. The van der Waals surface area contributed by atoms with Gasteiger partial charge in [0.05, 0.1) is 33.8 Å². The smallest absolute Gasteiger partial charge is 0.155 e. The van der Waals surface area contributed by atoms with E-state index in [9.17, 15) is 0 Å². The Balaban J connectivity index is 1.05. The van der Waals surface area contributed by atoms with Crippen molar-refractivity contribution in [2.75, 3.05) is 0 Å². The van der Waals surface area contributed by atoms with Crippen LogP contribution >= 0.6 is 0 Å². The summed E-state index contributed by atoms with van der Waals surface area (Å²) in [6, 6.07) is 81.6. The maximum Gasteiger partial charge on any atom is 0.155 e. The number of aromatic nitrogens is 2. The molecule has 0 radical (unpaired) electrons. The van der Waals surface area contributed by atoms with E-state index in [1.54, 1.807) is 0 Å². The lowest BCUT2D eigenvalue weighted by atomic mass is 9.81. The van der Waals surface area contributed by atoms with E-state index >= 15 is 0 Å². The second-order valence-electron chi connectivity index (χ2n) is 17.6. The topological polar surface area (TPSA) is 34.6 Å². The molecule has 1 aliphatic rings. The Hall–Kier alpha value is -8.34. The molecule has 0 spiro atoms. The molecule has 2 atom stereocenters. The molecule has 2 aromatic heterocycles. The van der Waals surface area contributed by atoms with Crippen LogP contribution in [-0.4, -0.2) is 20.7 Å². The Morgan fingerprint density at radius 2 is 0.939 bits per heavy atom. The monoisotopic (exact) mass is 844 g/mol. The molecule has 0 N–H and O–H groups in total. The van der Waals surface area contributed by atoms with E-state index in [1.165, 1.54) is 76.3 Å². The molecule has 0 amide bonds. The zero-order chi connectivity index (χ0) is 43.7. The Bertz CT molecular complexity index is 3900. The minimum atomic E-state index is -0.122. The first-order valence-corrected chi connectivity index (χ1v) is 23.0. The van der Waals surface area contributed by atoms with Gasteiger partial charge in [0.25, 0.3) is 0 Å². The largest absolute Gasteiger partial charge is 0.309 e. The van der Waals surface area contributed by atoms with Gasteiger partial charge in [0, 0.05) is 50.0 Å². The molecule has 0 saturated carbocycles. The van der Waals surface area contributed by atoms with Crippen LogP contribution in [0.1, 0.15) is 36.1 Å². The predicted octanol–water partition coefficient (Wildman–Crippen LogP) is 15.9. The Morgan fingerprint density at radius 1 is 0.394 bits per heavy atom. The normalized spacial score (nSPS) is 15.3. The van der Waals surface area contributed by atoms with Crippen molar-refractivity contribution >= 4 is 76.7 Å². The molecule has 0 fully saturated rings. The first-order valence-electron chi connectivity index (χ1n) is 23.0. The molecule has 3 heterocycles. The van der Waals surface area contributed by atoms with Crippen molar-refractivity contribution in [2.24, 2.45) is 15.9 Å². The van der Waals surface area contributed by atoms with Crippen molar-refractivity contribution in [1.29, 1.82) is 0 Å². The van der Waals surface area contributed by atoms with E-state index < -0.39 is 0 Å². The van der Waals surface area contributed by atoms with Crippen molar-refractivity contribution in [3.8, 4) is 22.5 Å². The standard InChI is InChI=1S/C62H44N4/c1-2-49-60(42-32-30-41(31-33-42)40-18-6-3-7-19-40)63-62(43-20-8-4-9-21-43)64-61(49)55-37-48(34-46-24-14-15-27-50(46)55)66-56-29-17-16-28-51(56)53-38-54-52-35-44-22-12-13-23-45(44)36-57(52)65(59(54)39-58(53)66)47-25-10-5-11-26-47/h3-39,49,60H,2H2,1H3. The van der Waals surface area contributed by atoms with E-state index in [-0.39, 0.29) is 12.0 Å². The summed E-state index contributed by atoms with van der Waals surface area (Å²) < 4.78 is 4.93. The zero-order valence-corrected chi connectivity index (χ0v) is 36.5. The molecule has 0 bridgehead atoms. The van der Waals surface area contributed by atoms with Crippen molar-refractivity contribution in [3.05, 3.63) is 241 Å². The van der Waals surface area contributed by atoms with E-state index in [0.717, 1.165) is 46.0 Å². The second-order valence-corrected chi connectivity index (χ2v) is 17.6. The van der Waals surface area contributed by atoms with Gasteiger partial charge in [-0.1, -0.05) is 177 Å². The fourth-order valence-electron chi connectivity index (χ4n) is 10.7. The summed E-state index contributed by atoms with van der Waals surface area (Å²) in [7, 11) is 0. The average Bonchev–Trinajstić information content (AvgIpc) is 3.88. The van der Waals surface area contributed by atoms with Gasteiger partial charge in [-0.15, -0.1) is 0 Å². The van der Waals surface area contributed by atoms with E-state index in [2.05, 4.69) is 241 Å². The van der Waals surface area contributed by atoms with Gasteiger partial charge in [0.1, 0.15) is 0 Å². The second kappa shape index (κ2) is 15.4. The molecular weight excluding hydrogens is 801 g/mol. The lowest BCUT2D eigenvalue weighted by Crippen LogP contribution is -2.28. The number of benzene rings is 10. The molecule has 0 saturated heterocycles. The summed E-state index contributed by atoms with van der Waals surface area (Å²) in [5.74, 6) is 0.802. The van der Waals surface area contributed by atoms with Gasteiger partial charge < -0.3 is 9.13 Å². The Kier molecular flexibility index (Phi) is 8.92. The number of nitrogens with zero attached hydrogens (tertiary/aromatic N) is 4. The third kappa shape index (κ3) is 6.13. The van der Waals surface area contributed by atoms with Crippen LogP contribution in [0.4, 0.5) is 0 Å². The molecule has 66 heavy (non-hydrogen) atoms. The lowest BCUT2D eigenvalue weighted by Gasteiger charge is -2.31. The summed E-state index contributed by atoms with van der Waals surface area (Å²) in [5, 5.41) is 9.78. The highest BCUT2D eigenvalue weighted by molar-refractivity contribution is 6.22. The molecule has 13 rings (SSSR count). The van der Waals surface area contributed by atoms with Crippen LogP contribution in [-0.2, 0) is 0 Å². The van der Waals surface area contributed by atoms with Crippen molar-refractivity contribution in [2.45, 2.75) is 19.4 Å². The summed E-state index contributed by atoms with van der Waals surface area (Å²) >= 11 is 0. The third-order valence-electron chi connectivity index (χ3n) is 13.9. The Morgan fingerprint density at radius 3 is 1.67 bits per heavy atom. The number of rotatable bonds is 7. The van der Waals surface area contributed by atoms with Crippen LogP contribution in [0.15, 0.2) is 234 Å². The van der Waals surface area contributed by atoms with Gasteiger partial charge in [-0.2, -0.15) is 0 Å². The van der Waals surface area contributed by atoms with Gasteiger partial charge in [-0.05, 0) is 99.3 Å². The SMILES string of the molecule is CCC1C(c2cc(-n3c4ccccc4c4cc5c6cc7ccccc7cc6n(-c6ccccc6)c5cc43)cc3ccccc23)=NC(c2ccccc2)=NC1c1ccc(-c2ccccc2)cc1. The van der Waals surface area contributed by atoms with E-state index in [4.69, 9.17) is 9.98 Å². The first kappa shape index (κ1) is 38.1. The highest BCUT2D eigenvalue weighted by Gasteiger charge is 2.33. The van der Waals surface area contributed by atoms with E-state index in [0.29, 0.717) is 0 Å². The van der Waals surface area contributed by atoms with Crippen LogP contribution in [0.2, 0.25) is 0 Å². The number of amidine groups is 1. The molecule has 12 aromatic rings. The number of hydrogen-bond donors (Lipinski definition) is 0. The van der Waals surface area contributed by atoms with Gasteiger partial charge in [0.15, 0.2) is 5.84 Å². The highest BCUT2D eigenvalue weighted by atomic mass is 15.0. The summed E-state index contributed by atoms with van der Waals surface area (Å²) in [6.45, 7) is 2.29. The molecule has 2 unspecified atom stereocenters. The fraction of sp³-hybridized carbons (Fsp3) is 0.0645. The zero-order valence-electron chi connectivity index (χ0n) is 36.5. The number of aliphatic imine (C=N–C) groups is 2. The fourth-order valence-corrected chi connectivity index (χ4v) is 10.7. The minimum absolute atomic E-state index is 0.0357. The molecule has 10 aromatic carbocycles. The summed E-state index contributed by atoms with van der Waals surface area (Å²) in [5.41, 5.74) is 13.8. The maximum absolute atomic E-state index is 5.60. The molecule has 4 nitrogen and oxygen atoms in total. The van der Waals surface area contributed by atoms with Gasteiger partial charge in [-0.25, -0.2) is 4.99 Å². The quantitative estimate of drug-likeness (QED) is 0.153. The molecule has 0 aliphatic carbocycles.